The van der Waals surface area contributed by atoms with E-state index in [1.807, 2.05) is 13.8 Å². The molecule has 6 nitrogen and oxygen atoms in total. The second kappa shape index (κ2) is 6.06. The van der Waals surface area contributed by atoms with Gasteiger partial charge in [0, 0.05) is 18.8 Å². The predicted octanol–water partition coefficient (Wildman–Crippen LogP) is 1.89. The van der Waals surface area contributed by atoms with E-state index in [9.17, 15) is 8.42 Å². The SMILES string of the molecule is CCNc1cc(S(=O)(=O)NCc2ccc(C)o2)ccn1. The van der Waals surface area contributed by atoms with Crippen LogP contribution in [0.1, 0.15) is 18.4 Å². The first-order chi connectivity index (χ1) is 9.51. The van der Waals surface area contributed by atoms with Crippen LogP contribution in [0.4, 0.5) is 5.82 Å². The maximum Gasteiger partial charge on any atom is 0.241 e. The van der Waals surface area contributed by atoms with Gasteiger partial charge in [0.05, 0.1) is 11.4 Å². The minimum atomic E-state index is -3.58. The van der Waals surface area contributed by atoms with Gasteiger partial charge in [-0.3, -0.25) is 0 Å². The number of aromatic nitrogens is 1. The third-order valence-electron chi connectivity index (χ3n) is 2.63. The van der Waals surface area contributed by atoms with Crippen LogP contribution in [0.3, 0.4) is 0 Å². The molecule has 2 aromatic heterocycles. The maximum absolute atomic E-state index is 12.2. The molecule has 0 unspecified atom stereocenters. The molecular weight excluding hydrogens is 278 g/mol. The zero-order valence-electron chi connectivity index (χ0n) is 11.4. The van der Waals surface area contributed by atoms with Gasteiger partial charge in [0.2, 0.25) is 10.0 Å². The van der Waals surface area contributed by atoms with Crippen molar-refractivity contribution in [2.45, 2.75) is 25.3 Å². The maximum atomic E-state index is 12.2. The fourth-order valence-corrected chi connectivity index (χ4v) is 2.69. The summed E-state index contributed by atoms with van der Waals surface area (Å²) < 4.78 is 32.1. The number of rotatable bonds is 6. The quantitative estimate of drug-likeness (QED) is 0.850. The van der Waals surface area contributed by atoms with E-state index >= 15 is 0 Å². The molecule has 0 spiro atoms. The topological polar surface area (TPSA) is 84.2 Å². The predicted molar refractivity (Wildman–Crippen MR) is 75.9 cm³/mol. The fraction of sp³-hybridized carbons (Fsp3) is 0.308. The Kier molecular flexibility index (Phi) is 4.41. The second-order valence-electron chi connectivity index (χ2n) is 4.24. The van der Waals surface area contributed by atoms with E-state index in [4.69, 9.17) is 4.42 Å². The number of nitrogens with one attached hydrogen (secondary N) is 2. The van der Waals surface area contributed by atoms with Crippen LogP contribution in [0, 0.1) is 6.92 Å². The van der Waals surface area contributed by atoms with Crippen molar-refractivity contribution in [2.24, 2.45) is 0 Å². The molecule has 2 rings (SSSR count). The van der Waals surface area contributed by atoms with E-state index in [1.54, 1.807) is 12.1 Å². The van der Waals surface area contributed by atoms with Gasteiger partial charge >= 0.3 is 0 Å². The van der Waals surface area contributed by atoms with Gasteiger partial charge in [0.25, 0.3) is 0 Å². The summed E-state index contributed by atoms with van der Waals surface area (Å²) in [6.45, 7) is 4.52. The smallest absolute Gasteiger partial charge is 0.241 e. The van der Waals surface area contributed by atoms with Crippen LogP contribution in [-0.2, 0) is 16.6 Å². The van der Waals surface area contributed by atoms with Gasteiger partial charge in [-0.25, -0.2) is 18.1 Å². The third-order valence-corrected chi connectivity index (χ3v) is 4.03. The highest BCUT2D eigenvalue weighted by atomic mass is 32.2. The van der Waals surface area contributed by atoms with Crippen molar-refractivity contribution in [1.82, 2.24) is 9.71 Å². The lowest BCUT2D eigenvalue weighted by molar-refractivity contribution is 0.475. The van der Waals surface area contributed by atoms with E-state index in [2.05, 4.69) is 15.0 Å². The molecule has 108 valence electrons. The van der Waals surface area contributed by atoms with Crippen LogP contribution < -0.4 is 10.0 Å². The summed E-state index contributed by atoms with van der Waals surface area (Å²) in [7, 11) is -3.58. The molecular formula is C13H17N3O3S. The number of aryl methyl sites for hydroxylation is 1. The normalized spacial score (nSPS) is 11.5. The lowest BCUT2D eigenvalue weighted by Gasteiger charge is -2.07. The summed E-state index contributed by atoms with van der Waals surface area (Å²) in [5.74, 6) is 1.86. The Bertz CT molecular complexity index is 680. The van der Waals surface area contributed by atoms with Crippen LogP contribution in [0.2, 0.25) is 0 Å². The molecule has 0 aliphatic carbocycles. The van der Waals surface area contributed by atoms with Gasteiger partial charge in [-0.1, -0.05) is 0 Å². The van der Waals surface area contributed by atoms with Gasteiger partial charge in [-0.15, -0.1) is 0 Å². The highest BCUT2D eigenvalue weighted by Gasteiger charge is 2.15. The standard InChI is InChI=1S/C13H17N3O3S/c1-3-14-13-8-12(6-7-15-13)20(17,18)16-9-11-5-4-10(2)19-11/h4-8,16H,3,9H2,1-2H3,(H,14,15). The average Bonchev–Trinajstić information content (AvgIpc) is 2.83. The van der Waals surface area contributed by atoms with E-state index in [1.165, 1.54) is 18.3 Å². The van der Waals surface area contributed by atoms with Crippen molar-refractivity contribution in [3.05, 3.63) is 42.0 Å². The van der Waals surface area contributed by atoms with Crippen LogP contribution >= 0.6 is 0 Å². The Morgan fingerprint density at radius 1 is 1.30 bits per heavy atom. The second-order valence-corrected chi connectivity index (χ2v) is 6.01. The van der Waals surface area contributed by atoms with Gasteiger partial charge in [-0.05, 0) is 32.0 Å². The number of pyridine rings is 1. The van der Waals surface area contributed by atoms with E-state index in [-0.39, 0.29) is 11.4 Å². The molecule has 2 heterocycles. The van der Waals surface area contributed by atoms with Crippen molar-refractivity contribution in [3.8, 4) is 0 Å². The molecule has 0 saturated heterocycles. The molecule has 7 heteroatoms. The molecule has 2 N–H and O–H groups in total. The lowest BCUT2D eigenvalue weighted by Crippen LogP contribution is -2.23. The van der Waals surface area contributed by atoms with Gasteiger partial charge in [0.15, 0.2) is 0 Å². The van der Waals surface area contributed by atoms with Crippen LogP contribution in [0.5, 0.6) is 0 Å². The fourth-order valence-electron chi connectivity index (χ4n) is 1.69. The summed E-state index contributed by atoms with van der Waals surface area (Å²) in [5.41, 5.74) is 0. The summed E-state index contributed by atoms with van der Waals surface area (Å²) in [6.07, 6.45) is 1.46. The molecule has 0 amide bonds. The Morgan fingerprint density at radius 2 is 2.10 bits per heavy atom. The molecule has 0 atom stereocenters. The van der Waals surface area contributed by atoms with Crippen molar-refractivity contribution < 1.29 is 12.8 Å². The molecule has 0 aliphatic rings. The van der Waals surface area contributed by atoms with Crippen LogP contribution in [0.15, 0.2) is 39.8 Å². The average molecular weight is 295 g/mol. The molecule has 0 bridgehead atoms. The monoisotopic (exact) mass is 295 g/mol. The molecule has 0 aliphatic heterocycles. The van der Waals surface area contributed by atoms with E-state index in [0.29, 0.717) is 18.1 Å². The van der Waals surface area contributed by atoms with Crippen molar-refractivity contribution >= 4 is 15.8 Å². The van der Waals surface area contributed by atoms with Gasteiger partial charge < -0.3 is 9.73 Å². The number of sulfonamides is 1. The Balaban J connectivity index is 2.11. The number of nitrogens with zero attached hydrogens (tertiary/aromatic N) is 1. The highest BCUT2D eigenvalue weighted by molar-refractivity contribution is 7.89. The first kappa shape index (κ1) is 14.5. The Labute approximate surface area is 118 Å². The van der Waals surface area contributed by atoms with E-state index < -0.39 is 10.0 Å². The minimum absolute atomic E-state index is 0.120. The van der Waals surface area contributed by atoms with Gasteiger partial charge in [0.1, 0.15) is 17.3 Å². The lowest BCUT2D eigenvalue weighted by atomic mass is 10.4. The van der Waals surface area contributed by atoms with Gasteiger partial charge in [-0.2, -0.15) is 0 Å². The number of hydrogen-bond donors (Lipinski definition) is 2. The highest BCUT2D eigenvalue weighted by Crippen LogP contribution is 2.13. The zero-order chi connectivity index (χ0) is 14.6. The summed E-state index contributed by atoms with van der Waals surface area (Å²) in [5, 5.41) is 2.98. The number of furan rings is 1. The molecule has 0 fully saturated rings. The number of anilines is 1. The van der Waals surface area contributed by atoms with Crippen LogP contribution in [0.25, 0.3) is 0 Å². The summed E-state index contributed by atoms with van der Waals surface area (Å²) >= 11 is 0. The summed E-state index contributed by atoms with van der Waals surface area (Å²) in [6, 6.07) is 6.49. The van der Waals surface area contributed by atoms with Crippen molar-refractivity contribution in [2.75, 3.05) is 11.9 Å². The molecule has 0 radical (unpaired) electrons. The largest absolute Gasteiger partial charge is 0.465 e. The molecule has 0 aromatic carbocycles. The minimum Gasteiger partial charge on any atom is -0.465 e. The summed E-state index contributed by atoms with van der Waals surface area (Å²) in [4.78, 5) is 4.22. The Hall–Kier alpha value is -1.86. The first-order valence-corrected chi connectivity index (χ1v) is 7.74. The van der Waals surface area contributed by atoms with Crippen LogP contribution in [-0.4, -0.2) is 19.9 Å². The molecule has 0 saturated carbocycles. The zero-order valence-corrected chi connectivity index (χ0v) is 12.2. The Morgan fingerprint density at radius 3 is 2.75 bits per heavy atom. The first-order valence-electron chi connectivity index (χ1n) is 6.26. The van der Waals surface area contributed by atoms with Crippen molar-refractivity contribution in [1.29, 1.82) is 0 Å². The number of hydrogen-bond acceptors (Lipinski definition) is 5. The third kappa shape index (κ3) is 3.58. The van der Waals surface area contributed by atoms with E-state index in [0.717, 1.165) is 5.76 Å². The molecule has 20 heavy (non-hydrogen) atoms. The van der Waals surface area contributed by atoms with Crippen molar-refractivity contribution in [3.63, 3.8) is 0 Å². The molecule has 2 aromatic rings.